The molecule has 1 aliphatic rings. The minimum atomic E-state index is -1.20. The molecule has 96 valence electrons. The van der Waals surface area contributed by atoms with Gasteiger partial charge >= 0.3 is 0 Å². The number of nitrogens with zero attached hydrogens (tertiary/aromatic N) is 1. The molecule has 6 nitrogen and oxygen atoms in total. The number of likely N-dealkylation sites (N-methyl/N-ethyl adjacent to an activating group) is 1. The summed E-state index contributed by atoms with van der Waals surface area (Å²) in [5.74, 6) is 0. The minimum Gasteiger partial charge on any atom is -0.394 e. The number of hydrogen-bond acceptors (Lipinski definition) is 6. The fraction of sp³-hybridized carbons (Fsp3) is 1.00. The van der Waals surface area contributed by atoms with Gasteiger partial charge in [0.15, 0.2) is 6.29 Å². The van der Waals surface area contributed by atoms with E-state index in [9.17, 15) is 15.3 Å². The Morgan fingerprint density at radius 2 is 1.62 bits per heavy atom. The van der Waals surface area contributed by atoms with Gasteiger partial charge in [-0.3, -0.25) is 4.90 Å². The molecule has 0 aromatic carbocycles. The molecule has 1 heterocycles. The molecule has 4 N–H and O–H groups in total. The Labute approximate surface area is 95.1 Å². The van der Waals surface area contributed by atoms with E-state index >= 15 is 0 Å². The Morgan fingerprint density at radius 1 is 1.06 bits per heavy atom. The van der Waals surface area contributed by atoms with Gasteiger partial charge in [-0.15, -0.1) is 0 Å². The molecule has 6 heteroatoms. The standard InChI is InChI=1S/C10H21NO5/c1-3-11(4-2)7-9(14)8(13)6(5-12)16-10(7)15/h6-10,12-15H,3-5H2,1-2H3/t6-,7+,8+,9+,10-/m0/s1. The normalized spacial score (nSPS) is 40.3. The summed E-state index contributed by atoms with van der Waals surface area (Å²) in [4.78, 5) is 1.81. The van der Waals surface area contributed by atoms with Crippen LogP contribution in [-0.4, -0.2) is 75.7 Å². The third-order valence-electron chi connectivity index (χ3n) is 3.10. The molecular formula is C10H21NO5. The molecular weight excluding hydrogens is 214 g/mol. The monoisotopic (exact) mass is 235 g/mol. The van der Waals surface area contributed by atoms with Crippen molar-refractivity contribution in [3.63, 3.8) is 0 Å². The first-order valence-electron chi connectivity index (χ1n) is 5.61. The first-order valence-corrected chi connectivity index (χ1v) is 5.61. The van der Waals surface area contributed by atoms with E-state index in [4.69, 9.17) is 9.84 Å². The average molecular weight is 235 g/mol. The van der Waals surface area contributed by atoms with Gasteiger partial charge in [0.2, 0.25) is 0 Å². The zero-order chi connectivity index (χ0) is 12.3. The van der Waals surface area contributed by atoms with E-state index in [1.54, 1.807) is 0 Å². The van der Waals surface area contributed by atoms with Crippen LogP contribution in [0.3, 0.4) is 0 Å². The number of rotatable bonds is 4. The Bertz CT molecular complexity index is 211. The van der Waals surface area contributed by atoms with Crippen LogP contribution in [0.15, 0.2) is 0 Å². The molecule has 1 fully saturated rings. The van der Waals surface area contributed by atoms with E-state index in [0.29, 0.717) is 13.1 Å². The molecule has 1 saturated heterocycles. The van der Waals surface area contributed by atoms with Gasteiger partial charge in [0.1, 0.15) is 18.3 Å². The van der Waals surface area contributed by atoms with E-state index in [0.717, 1.165) is 0 Å². The molecule has 0 bridgehead atoms. The number of ether oxygens (including phenoxy) is 1. The van der Waals surface area contributed by atoms with E-state index in [-0.39, 0.29) is 0 Å². The zero-order valence-electron chi connectivity index (χ0n) is 9.65. The number of aliphatic hydroxyl groups is 4. The molecule has 0 aliphatic carbocycles. The summed E-state index contributed by atoms with van der Waals surface area (Å²) in [6.07, 6.45) is -4.44. The number of aliphatic hydroxyl groups excluding tert-OH is 4. The molecule has 16 heavy (non-hydrogen) atoms. The first kappa shape index (κ1) is 13.8. The summed E-state index contributed by atoms with van der Waals surface area (Å²) < 4.78 is 5.07. The summed E-state index contributed by atoms with van der Waals surface area (Å²) in [5, 5.41) is 38.3. The van der Waals surface area contributed by atoms with Crippen molar-refractivity contribution in [3.05, 3.63) is 0 Å². The third kappa shape index (κ3) is 2.53. The van der Waals surface area contributed by atoms with Crippen LogP contribution in [0.5, 0.6) is 0 Å². The van der Waals surface area contributed by atoms with Crippen molar-refractivity contribution in [2.45, 2.75) is 44.5 Å². The van der Waals surface area contributed by atoms with E-state index in [1.807, 2.05) is 18.7 Å². The summed E-state index contributed by atoms with van der Waals surface area (Å²) in [6.45, 7) is 4.63. The Hall–Kier alpha value is -0.240. The van der Waals surface area contributed by atoms with Gasteiger partial charge in [-0.1, -0.05) is 13.8 Å². The lowest BCUT2D eigenvalue weighted by atomic mass is 9.96. The minimum absolute atomic E-state index is 0.430. The summed E-state index contributed by atoms with van der Waals surface area (Å²) in [7, 11) is 0. The second kappa shape index (κ2) is 5.90. The fourth-order valence-electron chi connectivity index (χ4n) is 2.12. The lowest BCUT2D eigenvalue weighted by Crippen LogP contribution is -2.64. The third-order valence-corrected chi connectivity index (χ3v) is 3.10. The molecule has 1 rings (SSSR count). The highest BCUT2D eigenvalue weighted by Gasteiger charge is 2.45. The van der Waals surface area contributed by atoms with Gasteiger partial charge in [0, 0.05) is 0 Å². The largest absolute Gasteiger partial charge is 0.394 e. The number of hydrogen-bond donors (Lipinski definition) is 4. The van der Waals surface area contributed by atoms with E-state index in [1.165, 1.54) is 0 Å². The van der Waals surface area contributed by atoms with Crippen LogP contribution < -0.4 is 0 Å². The highest BCUT2D eigenvalue weighted by atomic mass is 16.6. The first-order chi connectivity index (χ1) is 7.56. The quantitative estimate of drug-likeness (QED) is 0.456. The van der Waals surface area contributed by atoms with Crippen molar-refractivity contribution in [1.29, 1.82) is 0 Å². The Kier molecular flexibility index (Phi) is 5.10. The zero-order valence-corrected chi connectivity index (χ0v) is 9.65. The van der Waals surface area contributed by atoms with Gasteiger partial charge in [0.25, 0.3) is 0 Å². The molecule has 0 amide bonds. The van der Waals surface area contributed by atoms with Crippen molar-refractivity contribution in [1.82, 2.24) is 4.90 Å². The van der Waals surface area contributed by atoms with Crippen LogP contribution in [0.25, 0.3) is 0 Å². The van der Waals surface area contributed by atoms with Gasteiger partial charge in [-0.25, -0.2) is 0 Å². The Morgan fingerprint density at radius 3 is 2.06 bits per heavy atom. The summed E-state index contributed by atoms with van der Waals surface area (Å²) in [5.41, 5.74) is 0. The van der Waals surface area contributed by atoms with Crippen molar-refractivity contribution in [3.8, 4) is 0 Å². The van der Waals surface area contributed by atoms with Crippen LogP contribution >= 0.6 is 0 Å². The molecule has 0 saturated carbocycles. The van der Waals surface area contributed by atoms with Crippen molar-refractivity contribution >= 4 is 0 Å². The van der Waals surface area contributed by atoms with E-state index in [2.05, 4.69) is 0 Å². The van der Waals surface area contributed by atoms with Crippen LogP contribution in [-0.2, 0) is 4.74 Å². The predicted octanol–water partition coefficient (Wildman–Crippen LogP) is -1.87. The topological polar surface area (TPSA) is 93.4 Å². The van der Waals surface area contributed by atoms with Crippen LogP contribution in [0.4, 0.5) is 0 Å². The second-order valence-electron chi connectivity index (χ2n) is 3.94. The maximum atomic E-state index is 9.90. The molecule has 0 spiro atoms. The van der Waals surface area contributed by atoms with Gasteiger partial charge < -0.3 is 25.2 Å². The van der Waals surface area contributed by atoms with Crippen molar-refractivity contribution < 1.29 is 25.2 Å². The van der Waals surface area contributed by atoms with Crippen molar-refractivity contribution in [2.75, 3.05) is 19.7 Å². The molecule has 0 aromatic rings. The van der Waals surface area contributed by atoms with Crippen LogP contribution in [0, 0.1) is 0 Å². The van der Waals surface area contributed by atoms with E-state index < -0.39 is 37.3 Å². The van der Waals surface area contributed by atoms with Gasteiger partial charge in [-0.05, 0) is 13.1 Å². The SMILES string of the molecule is CCN(CC)[C@@H]1[C@@H](O)[C@H](O)[C@H](CO)O[C@@H]1O. The lowest BCUT2D eigenvalue weighted by Gasteiger charge is -2.44. The van der Waals surface area contributed by atoms with Crippen LogP contribution in [0.1, 0.15) is 13.8 Å². The van der Waals surface area contributed by atoms with Crippen LogP contribution in [0.2, 0.25) is 0 Å². The predicted molar refractivity (Wildman–Crippen MR) is 56.7 cm³/mol. The average Bonchev–Trinajstić information content (AvgIpc) is 2.29. The molecule has 0 unspecified atom stereocenters. The lowest BCUT2D eigenvalue weighted by molar-refractivity contribution is -0.271. The highest BCUT2D eigenvalue weighted by molar-refractivity contribution is 4.93. The molecule has 1 aliphatic heterocycles. The highest BCUT2D eigenvalue weighted by Crippen LogP contribution is 2.23. The smallest absolute Gasteiger partial charge is 0.173 e. The van der Waals surface area contributed by atoms with Crippen molar-refractivity contribution in [2.24, 2.45) is 0 Å². The van der Waals surface area contributed by atoms with Gasteiger partial charge in [0.05, 0.1) is 12.6 Å². The van der Waals surface area contributed by atoms with Gasteiger partial charge in [-0.2, -0.15) is 0 Å². The maximum Gasteiger partial charge on any atom is 0.173 e. The molecule has 0 aromatic heterocycles. The molecule has 5 atom stereocenters. The summed E-state index contributed by atoms with van der Waals surface area (Å²) >= 11 is 0. The second-order valence-corrected chi connectivity index (χ2v) is 3.94. The maximum absolute atomic E-state index is 9.90. The molecule has 0 radical (unpaired) electrons. The Balaban J connectivity index is 2.78. The fourth-order valence-corrected chi connectivity index (χ4v) is 2.12. The summed E-state index contributed by atoms with van der Waals surface area (Å²) in [6, 6.07) is -0.659.